The third-order valence-corrected chi connectivity index (χ3v) is 3.58. The number of imidazole rings is 1. The minimum absolute atomic E-state index is 0.467. The van der Waals surface area contributed by atoms with Crippen LogP contribution in [0.3, 0.4) is 0 Å². The second-order valence-electron chi connectivity index (χ2n) is 5.08. The van der Waals surface area contributed by atoms with Crippen molar-refractivity contribution in [1.82, 2.24) is 14.9 Å². The van der Waals surface area contributed by atoms with Gasteiger partial charge in [0.15, 0.2) is 0 Å². The number of benzene rings is 1. The van der Waals surface area contributed by atoms with Crippen molar-refractivity contribution in [2.45, 2.75) is 31.9 Å². The zero-order valence-corrected chi connectivity index (χ0v) is 10.8. The van der Waals surface area contributed by atoms with Gasteiger partial charge < -0.3 is 15.0 Å². The van der Waals surface area contributed by atoms with Crippen molar-refractivity contribution in [3.05, 3.63) is 29.6 Å². The summed E-state index contributed by atoms with van der Waals surface area (Å²) < 4.78 is 2.32. The lowest BCUT2D eigenvalue weighted by atomic mass is 10.1. The zero-order valence-electron chi connectivity index (χ0n) is 10.8. The van der Waals surface area contributed by atoms with Crippen LogP contribution in [0.4, 0.5) is 0 Å². The number of nitrogens with zero attached hydrogens (tertiary/aromatic N) is 2. The van der Waals surface area contributed by atoms with Crippen molar-refractivity contribution < 1.29 is 5.11 Å². The Morgan fingerprint density at radius 3 is 2.94 bits per heavy atom. The van der Waals surface area contributed by atoms with Crippen LogP contribution in [-0.2, 0) is 0 Å². The maximum absolute atomic E-state index is 9.98. The summed E-state index contributed by atoms with van der Waals surface area (Å²) in [4.78, 5) is 4.61. The molecule has 2 N–H and O–H groups in total. The van der Waals surface area contributed by atoms with Gasteiger partial charge in [0.05, 0.1) is 17.1 Å². The Bertz CT molecular complexity index is 572. The second kappa shape index (κ2) is 4.37. The van der Waals surface area contributed by atoms with Crippen LogP contribution in [0.5, 0.6) is 0 Å². The highest BCUT2D eigenvalue weighted by molar-refractivity contribution is 5.77. The molecule has 1 aromatic carbocycles. The minimum Gasteiger partial charge on any atom is -0.387 e. The normalized spacial score (nSPS) is 17.3. The van der Waals surface area contributed by atoms with Crippen LogP contribution in [0.25, 0.3) is 11.0 Å². The maximum atomic E-state index is 9.98. The van der Waals surface area contributed by atoms with Crippen LogP contribution in [0, 0.1) is 6.92 Å². The number of hydrogen-bond acceptors (Lipinski definition) is 3. The lowest BCUT2D eigenvalue weighted by Crippen LogP contribution is -2.16. The quantitative estimate of drug-likeness (QED) is 0.865. The molecule has 1 heterocycles. The molecule has 18 heavy (non-hydrogen) atoms. The summed E-state index contributed by atoms with van der Waals surface area (Å²) in [5, 5.41) is 13.0. The summed E-state index contributed by atoms with van der Waals surface area (Å²) in [6, 6.07) is 6.73. The van der Waals surface area contributed by atoms with Gasteiger partial charge in [0.2, 0.25) is 0 Å². The number of nitrogens with one attached hydrogen (secondary N) is 1. The first-order valence-electron chi connectivity index (χ1n) is 6.52. The van der Waals surface area contributed by atoms with Gasteiger partial charge in [0.25, 0.3) is 0 Å². The lowest BCUT2D eigenvalue weighted by Gasteiger charge is -2.10. The van der Waals surface area contributed by atoms with E-state index in [1.165, 1.54) is 18.4 Å². The molecule has 1 fully saturated rings. The fourth-order valence-electron chi connectivity index (χ4n) is 2.55. The Labute approximate surface area is 107 Å². The summed E-state index contributed by atoms with van der Waals surface area (Å²) in [5.74, 6) is 1.08. The molecule has 1 atom stereocenters. The van der Waals surface area contributed by atoms with Crippen molar-refractivity contribution in [2.24, 2.45) is 0 Å². The third-order valence-electron chi connectivity index (χ3n) is 3.58. The van der Waals surface area contributed by atoms with E-state index < -0.39 is 6.10 Å². The van der Waals surface area contributed by atoms with Gasteiger partial charge in [-0.05, 0) is 44.5 Å². The van der Waals surface area contributed by atoms with Crippen LogP contribution in [0.2, 0.25) is 0 Å². The minimum atomic E-state index is -0.467. The fourth-order valence-corrected chi connectivity index (χ4v) is 2.55. The number of rotatable bonds is 4. The van der Waals surface area contributed by atoms with Crippen molar-refractivity contribution in [3.63, 3.8) is 0 Å². The highest BCUT2D eigenvalue weighted by atomic mass is 16.3. The molecule has 1 aliphatic rings. The average molecular weight is 245 g/mol. The molecule has 0 spiro atoms. The largest absolute Gasteiger partial charge is 0.387 e. The lowest BCUT2D eigenvalue weighted by molar-refractivity contribution is 0.178. The zero-order chi connectivity index (χ0) is 12.7. The molecule has 0 radical (unpaired) electrons. The second-order valence-corrected chi connectivity index (χ2v) is 5.08. The van der Waals surface area contributed by atoms with E-state index in [0.717, 1.165) is 16.9 Å². The molecular formula is C14H19N3O. The molecule has 0 aliphatic heterocycles. The number of aryl methyl sites for hydroxylation is 1. The van der Waals surface area contributed by atoms with Crippen LogP contribution in [0.15, 0.2) is 18.2 Å². The molecule has 3 rings (SSSR count). The SMILES string of the molecule is CNCC(O)c1ccc2c(c1)nc(C)n2C1CC1. The van der Waals surface area contributed by atoms with E-state index >= 15 is 0 Å². The molecule has 0 bridgehead atoms. The van der Waals surface area contributed by atoms with Gasteiger partial charge in [-0.3, -0.25) is 0 Å². The molecule has 1 unspecified atom stereocenters. The van der Waals surface area contributed by atoms with Gasteiger partial charge in [0.1, 0.15) is 5.82 Å². The molecule has 4 heteroatoms. The molecule has 96 valence electrons. The highest BCUT2D eigenvalue weighted by Gasteiger charge is 2.27. The first-order chi connectivity index (χ1) is 8.70. The molecule has 2 aromatic rings. The standard InChI is InChI=1S/C14H19N3O/c1-9-16-12-7-10(14(18)8-15-2)3-6-13(12)17(9)11-4-5-11/h3,6-7,11,14-15,18H,4-5,8H2,1-2H3. The number of aliphatic hydroxyl groups excluding tert-OH is 1. The van der Waals surface area contributed by atoms with Crippen molar-refractivity contribution in [1.29, 1.82) is 0 Å². The predicted molar refractivity (Wildman–Crippen MR) is 71.6 cm³/mol. The first-order valence-corrected chi connectivity index (χ1v) is 6.52. The fraction of sp³-hybridized carbons (Fsp3) is 0.500. The van der Waals surface area contributed by atoms with Crippen LogP contribution < -0.4 is 5.32 Å². The summed E-state index contributed by atoms with van der Waals surface area (Å²) in [7, 11) is 1.84. The number of aromatic nitrogens is 2. The van der Waals surface area contributed by atoms with Crippen molar-refractivity contribution >= 4 is 11.0 Å². The summed E-state index contributed by atoms with van der Waals surface area (Å²) in [6.07, 6.45) is 2.05. The summed E-state index contributed by atoms with van der Waals surface area (Å²) in [6.45, 7) is 2.62. The third kappa shape index (κ3) is 1.91. The Morgan fingerprint density at radius 1 is 1.50 bits per heavy atom. The van der Waals surface area contributed by atoms with Gasteiger partial charge in [-0.2, -0.15) is 0 Å². The van der Waals surface area contributed by atoms with Crippen molar-refractivity contribution in [2.75, 3.05) is 13.6 Å². The molecule has 4 nitrogen and oxygen atoms in total. The van der Waals surface area contributed by atoms with E-state index in [-0.39, 0.29) is 0 Å². The smallest absolute Gasteiger partial charge is 0.106 e. The molecule has 0 amide bonds. The summed E-state index contributed by atoms with van der Waals surface area (Å²) >= 11 is 0. The number of fused-ring (bicyclic) bond motifs is 1. The van der Waals surface area contributed by atoms with E-state index in [0.29, 0.717) is 12.6 Å². The topological polar surface area (TPSA) is 50.1 Å². The van der Waals surface area contributed by atoms with Crippen molar-refractivity contribution in [3.8, 4) is 0 Å². The molecular weight excluding hydrogens is 226 g/mol. The Balaban J connectivity index is 2.02. The Kier molecular flexibility index (Phi) is 2.84. The first kappa shape index (κ1) is 11.7. The molecule has 1 aliphatic carbocycles. The van der Waals surface area contributed by atoms with E-state index in [2.05, 4.69) is 27.9 Å². The number of likely N-dealkylation sites (N-methyl/N-ethyl adjacent to an activating group) is 1. The number of hydrogen-bond donors (Lipinski definition) is 2. The Morgan fingerprint density at radius 2 is 2.28 bits per heavy atom. The predicted octanol–water partition coefficient (Wildman–Crippen LogP) is 1.93. The maximum Gasteiger partial charge on any atom is 0.106 e. The van der Waals surface area contributed by atoms with E-state index in [4.69, 9.17) is 0 Å². The van der Waals surface area contributed by atoms with Gasteiger partial charge in [-0.1, -0.05) is 6.07 Å². The van der Waals surface area contributed by atoms with E-state index in [9.17, 15) is 5.11 Å². The van der Waals surface area contributed by atoms with Gasteiger partial charge >= 0.3 is 0 Å². The average Bonchev–Trinajstić information content (AvgIpc) is 3.11. The van der Waals surface area contributed by atoms with Gasteiger partial charge in [0, 0.05) is 12.6 Å². The van der Waals surface area contributed by atoms with Crippen LogP contribution in [-0.4, -0.2) is 28.3 Å². The summed E-state index contributed by atoms with van der Waals surface area (Å²) in [5.41, 5.74) is 3.11. The van der Waals surface area contributed by atoms with Gasteiger partial charge in [-0.25, -0.2) is 4.98 Å². The van der Waals surface area contributed by atoms with Crippen LogP contribution in [0.1, 0.15) is 36.4 Å². The molecule has 1 saturated carbocycles. The van der Waals surface area contributed by atoms with Gasteiger partial charge in [-0.15, -0.1) is 0 Å². The highest BCUT2D eigenvalue weighted by Crippen LogP contribution is 2.38. The Hall–Kier alpha value is -1.39. The molecule has 0 saturated heterocycles. The molecule has 1 aromatic heterocycles. The van der Waals surface area contributed by atoms with E-state index in [1.54, 1.807) is 0 Å². The van der Waals surface area contributed by atoms with Crippen LogP contribution >= 0.6 is 0 Å². The number of aliphatic hydroxyl groups is 1. The van der Waals surface area contributed by atoms with E-state index in [1.807, 2.05) is 19.2 Å². The monoisotopic (exact) mass is 245 g/mol.